The van der Waals surface area contributed by atoms with Crippen molar-refractivity contribution < 1.29 is 9.47 Å². The van der Waals surface area contributed by atoms with E-state index in [1.165, 1.54) is 5.56 Å². The smallest absolute Gasteiger partial charge is 0.127 e. The molecule has 1 aromatic rings. The van der Waals surface area contributed by atoms with Crippen LogP contribution in [0.1, 0.15) is 25.5 Å². The van der Waals surface area contributed by atoms with Gasteiger partial charge < -0.3 is 14.8 Å². The second-order valence-corrected chi connectivity index (χ2v) is 5.90. The molecule has 1 atom stereocenters. The molecule has 5 heteroatoms. The molecule has 0 saturated carbocycles. The minimum atomic E-state index is 0.337. The molecule has 2 rings (SSSR count). The molecule has 1 N–H and O–H groups in total. The molecule has 0 aromatic heterocycles. The molecule has 23 heavy (non-hydrogen) atoms. The van der Waals surface area contributed by atoms with Crippen molar-refractivity contribution in [3.63, 3.8) is 0 Å². The normalized spacial score (nSPS) is 17.3. The summed E-state index contributed by atoms with van der Waals surface area (Å²) in [7, 11) is 3.43. The van der Waals surface area contributed by atoms with Gasteiger partial charge in [0.2, 0.25) is 0 Å². The first-order valence-electron chi connectivity index (χ1n) is 8.62. The van der Waals surface area contributed by atoms with E-state index in [0.29, 0.717) is 6.04 Å². The molecule has 1 aliphatic heterocycles. The van der Waals surface area contributed by atoms with Gasteiger partial charge in [-0.05, 0) is 19.2 Å². The van der Waals surface area contributed by atoms with Gasteiger partial charge in [0.05, 0.1) is 20.3 Å². The number of benzene rings is 1. The first-order chi connectivity index (χ1) is 11.2. The van der Waals surface area contributed by atoms with E-state index >= 15 is 0 Å². The fourth-order valence-electron chi connectivity index (χ4n) is 3.31. The molecule has 1 aromatic carbocycles. The van der Waals surface area contributed by atoms with Crippen molar-refractivity contribution in [2.45, 2.75) is 19.9 Å². The molecule has 1 saturated heterocycles. The van der Waals surface area contributed by atoms with Crippen LogP contribution in [0.2, 0.25) is 0 Å². The monoisotopic (exact) mass is 321 g/mol. The average molecular weight is 321 g/mol. The molecule has 0 spiro atoms. The number of rotatable bonds is 8. The minimum absolute atomic E-state index is 0.337. The predicted molar refractivity (Wildman–Crippen MR) is 94.5 cm³/mol. The van der Waals surface area contributed by atoms with Crippen LogP contribution in [-0.4, -0.2) is 69.8 Å². The lowest BCUT2D eigenvalue weighted by Crippen LogP contribution is -2.47. The van der Waals surface area contributed by atoms with E-state index in [2.05, 4.69) is 35.0 Å². The predicted octanol–water partition coefficient (Wildman–Crippen LogP) is 1.99. The summed E-state index contributed by atoms with van der Waals surface area (Å²) in [5.41, 5.74) is 1.25. The molecule has 5 nitrogen and oxygen atoms in total. The maximum absolute atomic E-state index is 5.66. The third-order valence-corrected chi connectivity index (χ3v) is 4.69. The van der Waals surface area contributed by atoms with E-state index in [4.69, 9.17) is 9.47 Å². The lowest BCUT2D eigenvalue weighted by molar-refractivity contribution is 0.136. The lowest BCUT2D eigenvalue weighted by Gasteiger charge is -2.37. The minimum Gasteiger partial charge on any atom is -0.497 e. The highest BCUT2D eigenvalue weighted by atomic mass is 16.5. The van der Waals surface area contributed by atoms with E-state index in [0.717, 1.165) is 57.3 Å². The summed E-state index contributed by atoms with van der Waals surface area (Å²) in [6.45, 7) is 11.9. The van der Waals surface area contributed by atoms with Crippen molar-refractivity contribution >= 4 is 0 Å². The summed E-state index contributed by atoms with van der Waals surface area (Å²) >= 11 is 0. The largest absolute Gasteiger partial charge is 0.497 e. The average Bonchev–Trinajstić information content (AvgIpc) is 2.62. The molecule has 1 heterocycles. The highest BCUT2D eigenvalue weighted by Gasteiger charge is 2.25. The van der Waals surface area contributed by atoms with Crippen molar-refractivity contribution in [1.82, 2.24) is 15.1 Å². The Morgan fingerprint density at radius 1 is 1.13 bits per heavy atom. The summed E-state index contributed by atoms with van der Waals surface area (Å²) in [6.07, 6.45) is 0. The number of methoxy groups -OCH3 is 2. The number of hydrogen-bond donors (Lipinski definition) is 1. The zero-order chi connectivity index (χ0) is 16.7. The fourth-order valence-corrected chi connectivity index (χ4v) is 3.31. The number of likely N-dealkylation sites (N-methyl/N-ethyl adjacent to an activating group) is 1. The Balaban J connectivity index is 2.28. The fraction of sp³-hybridized carbons (Fsp3) is 0.667. The SMILES string of the molecule is CCN(CC)C(CN1CCNCC1)c1ccc(OC)cc1OC. The molecule has 0 radical (unpaired) electrons. The van der Waals surface area contributed by atoms with Crippen LogP contribution in [0.4, 0.5) is 0 Å². The van der Waals surface area contributed by atoms with Crippen molar-refractivity contribution in [1.29, 1.82) is 0 Å². The van der Waals surface area contributed by atoms with Crippen molar-refractivity contribution in [2.24, 2.45) is 0 Å². The van der Waals surface area contributed by atoms with Gasteiger partial charge in [0.25, 0.3) is 0 Å². The van der Waals surface area contributed by atoms with Gasteiger partial charge in [-0.3, -0.25) is 9.80 Å². The number of ether oxygens (including phenoxy) is 2. The molecule has 0 aliphatic carbocycles. The highest BCUT2D eigenvalue weighted by Crippen LogP contribution is 2.33. The number of hydrogen-bond acceptors (Lipinski definition) is 5. The van der Waals surface area contributed by atoms with E-state index in [9.17, 15) is 0 Å². The summed E-state index contributed by atoms with van der Waals surface area (Å²) < 4.78 is 11.0. The first-order valence-corrected chi connectivity index (χ1v) is 8.62. The molecular weight excluding hydrogens is 290 g/mol. The van der Waals surface area contributed by atoms with Crippen molar-refractivity contribution in [3.05, 3.63) is 23.8 Å². The van der Waals surface area contributed by atoms with Gasteiger partial charge in [-0.1, -0.05) is 19.9 Å². The molecule has 0 amide bonds. The Labute approximate surface area is 140 Å². The van der Waals surface area contributed by atoms with E-state index in [1.54, 1.807) is 14.2 Å². The van der Waals surface area contributed by atoms with Gasteiger partial charge in [-0.15, -0.1) is 0 Å². The van der Waals surface area contributed by atoms with Crippen LogP contribution < -0.4 is 14.8 Å². The summed E-state index contributed by atoms with van der Waals surface area (Å²) in [4.78, 5) is 5.05. The first kappa shape index (κ1) is 18.0. The van der Waals surface area contributed by atoms with Gasteiger partial charge in [0.15, 0.2) is 0 Å². The van der Waals surface area contributed by atoms with E-state index in [-0.39, 0.29) is 0 Å². The molecular formula is C18H31N3O2. The van der Waals surface area contributed by atoms with Crippen molar-refractivity contribution in [3.8, 4) is 11.5 Å². The summed E-state index contributed by atoms with van der Waals surface area (Å²) in [5, 5.41) is 3.43. The molecule has 1 unspecified atom stereocenters. The Morgan fingerprint density at radius 3 is 2.39 bits per heavy atom. The van der Waals surface area contributed by atoms with Crippen LogP contribution in [0, 0.1) is 0 Å². The van der Waals surface area contributed by atoms with Crippen LogP contribution in [0.15, 0.2) is 18.2 Å². The number of nitrogens with zero attached hydrogens (tertiary/aromatic N) is 2. The Hall–Kier alpha value is -1.30. The number of nitrogens with one attached hydrogen (secondary N) is 1. The Kier molecular flexibility index (Phi) is 7.15. The molecule has 0 bridgehead atoms. The molecule has 1 aliphatic rings. The van der Waals surface area contributed by atoms with Gasteiger partial charge in [-0.2, -0.15) is 0 Å². The molecule has 1 fully saturated rings. The Morgan fingerprint density at radius 2 is 1.83 bits per heavy atom. The van der Waals surface area contributed by atoms with Crippen LogP contribution in [0.5, 0.6) is 11.5 Å². The highest BCUT2D eigenvalue weighted by molar-refractivity contribution is 5.42. The zero-order valence-electron chi connectivity index (χ0n) is 15.0. The van der Waals surface area contributed by atoms with Crippen LogP contribution >= 0.6 is 0 Å². The van der Waals surface area contributed by atoms with Gasteiger partial charge >= 0.3 is 0 Å². The van der Waals surface area contributed by atoms with Crippen LogP contribution in [0.3, 0.4) is 0 Å². The zero-order valence-corrected chi connectivity index (χ0v) is 15.0. The number of piperazine rings is 1. The summed E-state index contributed by atoms with van der Waals surface area (Å²) in [5.74, 6) is 1.75. The van der Waals surface area contributed by atoms with E-state index < -0.39 is 0 Å². The van der Waals surface area contributed by atoms with Gasteiger partial charge in [0, 0.05) is 44.4 Å². The second-order valence-electron chi connectivity index (χ2n) is 5.90. The topological polar surface area (TPSA) is 37.0 Å². The third kappa shape index (κ3) is 4.59. The third-order valence-electron chi connectivity index (χ3n) is 4.69. The van der Waals surface area contributed by atoms with E-state index in [1.807, 2.05) is 12.1 Å². The van der Waals surface area contributed by atoms with Crippen LogP contribution in [-0.2, 0) is 0 Å². The molecule has 130 valence electrons. The second kappa shape index (κ2) is 9.11. The maximum Gasteiger partial charge on any atom is 0.127 e. The van der Waals surface area contributed by atoms with Crippen molar-refractivity contribution in [2.75, 3.05) is 60.0 Å². The van der Waals surface area contributed by atoms with Gasteiger partial charge in [0.1, 0.15) is 11.5 Å². The summed E-state index contributed by atoms with van der Waals surface area (Å²) in [6, 6.07) is 6.52. The maximum atomic E-state index is 5.66. The van der Waals surface area contributed by atoms with Gasteiger partial charge in [-0.25, -0.2) is 0 Å². The van der Waals surface area contributed by atoms with Crippen LogP contribution in [0.25, 0.3) is 0 Å². The Bertz CT molecular complexity index is 471. The standard InChI is InChI=1S/C18H31N3O2/c1-5-21(6-2)17(14-20-11-9-19-10-12-20)16-8-7-15(22-3)13-18(16)23-4/h7-8,13,17,19H,5-6,9-12,14H2,1-4H3. The quantitative estimate of drug-likeness (QED) is 0.792. The lowest BCUT2D eigenvalue weighted by atomic mass is 10.0.